The van der Waals surface area contributed by atoms with Crippen molar-refractivity contribution in [2.75, 3.05) is 18.4 Å². The molecule has 33 heavy (non-hydrogen) atoms. The third-order valence-electron chi connectivity index (χ3n) is 6.06. The van der Waals surface area contributed by atoms with Crippen LogP contribution in [0.4, 0.5) is 5.82 Å². The molecule has 1 fully saturated rings. The number of anilines is 1. The van der Waals surface area contributed by atoms with Crippen LogP contribution in [0.3, 0.4) is 0 Å². The van der Waals surface area contributed by atoms with E-state index in [9.17, 15) is 0 Å². The van der Waals surface area contributed by atoms with Crippen LogP contribution in [0.1, 0.15) is 41.1 Å². The van der Waals surface area contributed by atoms with Gasteiger partial charge in [0.1, 0.15) is 5.82 Å². The number of likely N-dealkylation sites (tertiary alicyclic amines) is 1. The van der Waals surface area contributed by atoms with Crippen molar-refractivity contribution in [3.8, 4) is 6.07 Å². The van der Waals surface area contributed by atoms with Gasteiger partial charge in [-0.15, -0.1) is 0 Å². The fourth-order valence-corrected chi connectivity index (χ4v) is 4.72. The van der Waals surface area contributed by atoms with Crippen molar-refractivity contribution in [2.24, 2.45) is 0 Å². The van der Waals surface area contributed by atoms with Gasteiger partial charge in [-0.25, -0.2) is 4.98 Å². The lowest BCUT2D eigenvalue weighted by molar-refractivity contribution is 0.198. The number of rotatable bonds is 6. The summed E-state index contributed by atoms with van der Waals surface area (Å²) in [6, 6.07) is 16.2. The normalized spacial score (nSPS) is 16.5. The van der Waals surface area contributed by atoms with E-state index in [-0.39, 0.29) is 0 Å². The molecule has 1 atom stereocenters. The molecule has 7 nitrogen and oxygen atoms in total. The molecule has 4 heterocycles. The number of hydrogen-bond donors (Lipinski definition) is 1. The first-order valence-corrected chi connectivity index (χ1v) is 11.9. The van der Waals surface area contributed by atoms with E-state index in [0.29, 0.717) is 18.0 Å². The molecule has 1 aliphatic rings. The summed E-state index contributed by atoms with van der Waals surface area (Å²) in [5, 5.41) is 17.0. The number of piperidine rings is 1. The predicted octanol–water partition coefficient (Wildman–Crippen LogP) is 4.75. The molecule has 1 unspecified atom stereocenters. The molecule has 1 aromatic carbocycles. The molecule has 0 amide bonds. The van der Waals surface area contributed by atoms with Crippen LogP contribution in [0.2, 0.25) is 0 Å². The van der Waals surface area contributed by atoms with Gasteiger partial charge in [-0.3, -0.25) is 9.88 Å². The SMILES string of the molecule is N#Cc1ccc(CN2CCCC(c3cc(NCc4cccnc4)n4ncc(Br)c4n3)C2)cc1. The molecule has 8 heteroatoms. The van der Waals surface area contributed by atoms with Gasteiger partial charge >= 0.3 is 0 Å². The summed E-state index contributed by atoms with van der Waals surface area (Å²) in [5.41, 5.74) is 4.95. The minimum absolute atomic E-state index is 0.350. The predicted molar refractivity (Wildman–Crippen MR) is 131 cm³/mol. The van der Waals surface area contributed by atoms with Gasteiger partial charge in [0.15, 0.2) is 5.65 Å². The van der Waals surface area contributed by atoms with Gasteiger partial charge in [0.05, 0.1) is 28.0 Å². The lowest BCUT2D eigenvalue weighted by atomic mass is 9.94. The van der Waals surface area contributed by atoms with Crippen LogP contribution in [0.5, 0.6) is 0 Å². The topological polar surface area (TPSA) is 82.1 Å². The highest BCUT2D eigenvalue weighted by atomic mass is 79.9. The van der Waals surface area contributed by atoms with Gasteiger partial charge in [0.25, 0.3) is 0 Å². The van der Waals surface area contributed by atoms with Gasteiger partial charge in [0, 0.05) is 44.0 Å². The van der Waals surface area contributed by atoms with Crippen LogP contribution in [-0.2, 0) is 13.1 Å². The molecular formula is C25H24BrN7. The maximum Gasteiger partial charge on any atom is 0.171 e. The smallest absolute Gasteiger partial charge is 0.171 e. The monoisotopic (exact) mass is 501 g/mol. The third-order valence-corrected chi connectivity index (χ3v) is 6.62. The Labute approximate surface area is 201 Å². The summed E-state index contributed by atoms with van der Waals surface area (Å²) in [6.45, 7) is 3.57. The first-order valence-electron chi connectivity index (χ1n) is 11.1. The molecular weight excluding hydrogens is 478 g/mol. The molecule has 0 spiro atoms. The summed E-state index contributed by atoms with van der Waals surface area (Å²) >= 11 is 3.61. The molecule has 4 aromatic rings. The van der Waals surface area contributed by atoms with Crippen molar-refractivity contribution >= 4 is 27.4 Å². The van der Waals surface area contributed by atoms with E-state index >= 15 is 0 Å². The summed E-state index contributed by atoms with van der Waals surface area (Å²) in [5.74, 6) is 1.27. The second-order valence-electron chi connectivity index (χ2n) is 8.39. The number of fused-ring (bicyclic) bond motifs is 1. The quantitative estimate of drug-likeness (QED) is 0.410. The Morgan fingerprint density at radius 3 is 2.82 bits per heavy atom. The van der Waals surface area contributed by atoms with Crippen LogP contribution in [-0.4, -0.2) is 37.6 Å². The Morgan fingerprint density at radius 2 is 2.03 bits per heavy atom. The number of halogens is 1. The number of benzene rings is 1. The molecule has 166 valence electrons. The lowest BCUT2D eigenvalue weighted by Gasteiger charge is -2.32. The van der Waals surface area contributed by atoms with Gasteiger partial charge in [-0.05, 0) is 64.6 Å². The van der Waals surface area contributed by atoms with E-state index in [2.05, 4.69) is 66.6 Å². The van der Waals surface area contributed by atoms with Crippen molar-refractivity contribution in [1.29, 1.82) is 5.26 Å². The zero-order valence-electron chi connectivity index (χ0n) is 18.2. The van der Waals surface area contributed by atoms with Gasteiger partial charge < -0.3 is 5.32 Å². The average Bonchev–Trinajstić information content (AvgIpc) is 3.24. The van der Waals surface area contributed by atoms with Crippen LogP contribution < -0.4 is 5.32 Å². The van der Waals surface area contributed by atoms with E-state index in [1.54, 1.807) is 12.4 Å². The summed E-state index contributed by atoms with van der Waals surface area (Å²) in [4.78, 5) is 11.7. The second-order valence-corrected chi connectivity index (χ2v) is 9.25. The standard InChI is InChI=1S/C25H24BrN7/c26-22-15-30-33-24(29-14-20-3-1-9-28-13-20)11-23(31-25(22)33)21-4-2-10-32(17-21)16-19-7-5-18(12-27)6-8-19/h1,3,5-9,11,13,15,21,29H,2,4,10,14,16-17H2. The summed E-state index contributed by atoms with van der Waals surface area (Å²) in [6.07, 6.45) is 7.68. The van der Waals surface area contributed by atoms with Crippen LogP contribution in [0, 0.1) is 11.3 Å². The molecule has 0 saturated carbocycles. The summed E-state index contributed by atoms with van der Waals surface area (Å²) < 4.78 is 2.74. The first-order chi connectivity index (χ1) is 16.2. The van der Waals surface area contributed by atoms with E-state index in [1.165, 1.54) is 5.56 Å². The molecule has 1 saturated heterocycles. The number of nitriles is 1. The Bertz CT molecular complexity index is 1280. The molecule has 5 rings (SSSR count). The molecule has 0 aliphatic carbocycles. The van der Waals surface area contributed by atoms with Crippen LogP contribution in [0.15, 0.2) is 65.5 Å². The Balaban J connectivity index is 1.36. The third kappa shape index (κ3) is 4.90. The van der Waals surface area contributed by atoms with E-state index in [0.717, 1.165) is 59.7 Å². The fourth-order valence-electron chi connectivity index (χ4n) is 4.37. The minimum Gasteiger partial charge on any atom is -0.366 e. The van der Waals surface area contributed by atoms with Gasteiger partial charge in [0.2, 0.25) is 0 Å². The molecule has 1 N–H and O–H groups in total. The highest BCUT2D eigenvalue weighted by molar-refractivity contribution is 9.10. The van der Waals surface area contributed by atoms with Crippen molar-refractivity contribution in [3.05, 3.63) is 87.9 Å². The first kappa shape index (κ1) is 21.6. The average molecular weight is 502 g/mol. The van der Waals surface area contributed by atoms with Crippen molar-refractivity contribution < 1.29 is 0 Å². The molecule has 1 aliphatic heterocycles. The maximum atomic E-state index is 9.03. The number of pyridine rings is 1. The second kappa shape index (κ2) is 9.69. The van der Waals surface area contributed by atoms with Crippen molar-refractivity contribution in [1.82, 2.24) is 24.5 Å². The maximum absolute atomic E-state index is 9.03. The zero-order valence-corrected chi connectivity index (χ0v) is 19.7. The number of nitrogens with zero attached hydrogens (tertiary/aromatic N) is 6. The number of aromatic nitrogens is 4. The van der Waals surface area contributed by atoms with E-state index < -0.39 is 0 Å². The Morgan fingerprint density at radius 1 is 1.15 bits per heavy atom. The van der Waals surface area contributed by atoms with E-state index in [4.69, 9.17) is 10.2 Å². The molecule has 0 bridgehead atoms. The summed E-state index contributed by atoms with van der Waals surface area (Å²) in [7, 11) is 0. The van der Waals surface area contributed by atoms with E-state index in [1.807, 2.05) is 28.9 Å². The highest BCUT2D eigenvalue weighted by Crippen LogP contribution is 2.30. The van der Waals surface area contributed by atoms with Crippen LogP contribution in [0.25, 0.3) is 5.65 Å². The van der Waals surface area contributed by atoms with Gasteiger partial charge in [-0.2, -0.15) is 14.9 Å². The molecule has 3 aromatic heterocycles. The number of hydrogen-bond acceptors (Lipinski definition) is 6. The highest BCUT2D eigenvalue weighted by Gasteiger charge is 2.24. The van der Waals surface area contributed by atoms with Gasteiger partial charge in [-0.1, -0.05) is 18.2 Å². The molecule has 0 radical (unpaired) electrons. The van der Waals surface area contributed by atoms with Crippen molar-refractivity contribution in [3.63, 3.8) is 0 Å². The lowest BCUT2D eigenvalue weighted by Crippen LogP contribution is -2.34. The minimum atomic E-state index is 0.350. The Hall–Kier alpha value is -3.28. The number of nitrogens with one attached hydrogen (secondary N) is 1. The largest absolute Gasteiger partial charge is 0.366 e. The van der Waals surface area contributed by atoms with Crippen molar-refractivity contribution in [2.45, 2.75) is 31.8 Å². The Kier molecular flexibility index (Phi) is 6.33. The fraction of sp³-hybridized carbons (Fsp3) is 0.280. The van der Waals surface area contributed by atoms with Crippen LogP contribution >= 0.6 is 15.9 Å². The zero-order chi connectivity index (χ0) is 22.6.